The molecule has 0 bridgehead atoms. The van der Waals surface area contributed by atoms with Gasteiger partial charge in [0.2, 0.25) is 0 Å². The van der Waals surface area contributed by atoms with Gasteiger partial charge in [0.15, 0.2) is 5.75 Å². The van der Waals surface area contributed by atoms with E-state index in [4.69, 9.17) is 4.18 Å². The van der Waals surface area contributed by atoms with Crippen molar-refractivity contribution < 1.29 is 17.4 Å². The number of nitrogens with one attached hydrogen (secondary N) is 1. The number of para-hydroxylation sites is 1. The lowest BCUT2D eigenvalue weighted by atomic mass is 9.94. The monoisotopic (exact) mass is 401 g/mol. The third kappa shape index (κ3) is 5.70. The van der Waals surface area contributed by atoms with Gasteiger partial charge >= 0.3 is 10.3 Å². The fourth-order valence-corrected chi connectivity index (χ4v) is 3.61. The van der Waals surface area contributed by atoms with Crippen LogP contribution < -0.4 is 8.91 Å². The summed E-state index contributed by atoms with van der Waals surface area (Å²) in [6.07, 6.45) is 1.62. The lowest BCUT2D eigenvalue weighted by Crippen LogP contribution is -2.35. The van der Waals surface area contributed by atoms with Crippen molar-refractivity contribution in [3.63, 3.8) is 0 Å². The number of benzene rings is 2. The summed E-state index contributed by atoms with van der Waals surface area (Å²) in [4.78, 5) is 12.4. The zero-order valence-electron chi connectivity index (χ0n) is 16.9. The van der Waals surface area contributed by atoms with Gasteiger partial charge in [0, 0.05) is 5.57 Å². The average molecular weight is 402 g/mol. The molecule has 0 atom stereocenters. The first-order valence-corrected chi connectivity index (χ1v) is 10.6. The summed E-state index contributed by atoms with van der Waals surface area (Å²) < 4.78 is 32.4. The van der Waals surface area contributed by atoms with E-state index in [2.05, 4.69) is 0 Å². The summed E-state index contributed by atoms with van der Waals surface area (Å²) in [7, 11) is -4.32. The van der Waals surface area contributed by atoms with E-state index in [9.17, 15) is 13.2 Å². The summed E-state index contributed by atoms with van der Waals surface area (Å²) in [6.45, 7) is 9.41. The van der Waals surface area contributed by atoms with Gasteiger partial charge in [0.25, 0.3) is 5.91 Å². The van der Waals surface area contributed by atoms with E-state index in [-0.39, 0.29) is 23.2 Å². The minimum atomic E-state index is -4.32. The molecule has 2 rings (SSSR count). The van der Waals surface area contributed by atoms with Crippen molar-refractivity contribution >= 4 is 22.3 Å². The van der Waals surface area contributed by atoms with E-state index in [1.165, 1.54) is 0 Å². The van der Waals surface area contributed by atoms with Gasteiger partial charge in [-0.1, -0.05) is 76.2 Å². The number of rotatable bonds is 7. The lowest BCUT2D eigenvalue weighted by molar-refractivity contribution is -0.115. The van der Waals surface area contributed by atoms with Gasteiger partial charge in [0.05, 0.1) is 0 Å². The Balaban J connectivity index is 2.27. The highest BCUT2D eigenvalue weighted by Gasteiger charge is 2.23. The molecule has 2 aromatic rings. The standard InChI is InChI=1S/C22H27NO4S/c1-15(2)19-12-9-13-20(16(3)4)21(19)27-28(25,26)23-22(24)17(5)14-18-10-7-6-8-11-18/h6-16H,1-5H3,(H,23,24)/b17-14+. The Morgan fingerprint density at radius 1 is 0.929 bits per heavy atom. The van der Waals surface area contributed by atoms with E-state index in [1.807, 2.05) is 80.9 Å². The second kappa shape index (κ2) is 9.06. The molecule has 0 spiro atoms. The van der Waals surface area contributed by atoms with Crippen molar-refractivity contribution in [2.75, 3.05) is 0 Å². The van der Waals surface area contributed by atoms with Crippen molar-refractivity contribution in [1.29, 1.82) is 0 Å². The minimum Gasteiger partial charge on any atom is -0.366 e. The Morgan fingerprint density at radius 2 is 1.46 bits per heavy atom. The molecular formula is C22H27NO4S. The quantitative estimate of drug-likeness (QED) is 0.678. The van der Waals surface area contributed by atoms with Crippen LogP contribution in [-0.2, 0) is 15.1 Å². The number of carbonyl (C=O) groups is 1. The molecule has 0 aliphatic carbocycles. The van der Waals surface area contributed by atoms with E-state index >= 15 is 0 Å². The Labute approximate surface area is 167 Å². The van der Waals surface area contributed by atoms with Gasteiger partial charge in [-0.05, 0) is 41.5 Å². The highest BCUT2D eigenvalue weighted by Crippen LogP contribution is 2.35. The molecule has 0 saturated carbocycles. The molecule has 0 radical (unpaired) electrons. The third-order valence-corrected chi connectivity index (χ3v) is 5.09. The molecule has 1 N–H and O–H groups in total. The average Bonchev–Trinajstić information content (AvgIpc) is 2.61. The Kier molecular flexibility index (Phi) is 7.02. The minimum absolute atomic E-state index is 0.0688. The van der Waals surface area contributed by atoms with Gasteiger partial charge < -0.3 is 4.18 Å². The number of amides is 1. The second-order valence-electron chi connectivity index (χ2n) is 7.28. The Morgan fingerprint density at radius 3 is 1.96 bits per heavy atom. The number of carbonyl (C=O) groups excluding carboxylic acids is 1. The van der Waals surface area contributed by atoms with E-state index in [0.717, 1.165) is 16.7 Å². The summed E-state index contributed by atoms with van der Waals surface area (Å²) in [5.74, 6) is -0.298. The van der Waals surface area contributed by atoms with Crippen LogP contribution in [0.2, 0.25) is 0 Å². The topological polar surface area (TPSA) is 72.5 Å². The van der Waals surface area contributed by atoms with Crippen LogP contribution in [-0.4, -0.2) is 14.3 Å². The first-order valence-electron chi connectivity index (χ1n) is 9.23. The molecule has 6 heteroatoms. The molecule has 0 unspecified atom stereocenters. The van der Waals surface area contributed by atoms with Gasteiger partial charge in [-0.15, -0.1) is 0 Å². The fraction of sp³-hybridized carbons (Fsp3) is 0.318. The molecular weight excluding hydrogens is 374 g/mol. The van der Waals surface area contributed by atoms with Crippen LogP contribution in [0.1, 0.15) is 63.1 Å². The zero-order chi connectivity index (χ0) is 20.9. The predicted molar refractivity (Wildman–Crippen MR) is 112 cm³/mol. The summed E-state index contributed by atoms with van der Waals surface area (Å²) in [5, 5.41) is 0. The molecule has 28 heavy (non-hydrogen) atoms. The van der Waals surface area contributed by atoms with Crippen molar-refractivity contribution in [3.8, 4) is 5.75 Å². The zero-order valence-corrected chi connectivity index (χ0v) is 17.7. The highest BCUT2D eigenvalue weighted by atomic mass is 32.2. The van der Waals surface area contributed by atoms with Crippen LogP contribution in [0, 0.1) is 0 Å². The summed E-state index contributed by atoms with van der Waals surface area (Å²) >= 11 is 0. The van der Waals surface area contributed by atoms with Gasteiger partial charge in [-0.2, -0.15) is 8.42 Å². The molecule has 0 heterocycles. The van der Waals surface area contributed by atoms with E-state index in [1.54, 1.807) is 13.0 Å². The summed E-state index contributed by atoms with van der Waals surface area (Å²) in [6, 6.07) is 14.8. The van der Waals surface area contributed by atoms with Crippen LogP contribution in [0.25, 0.3) is 6.08 Å². The predicted octanol–water partition coefficient (Wildman–Crippen LogP) is 4.78. The highest BCUT2D eigenvalue weighted by molar-refractivity contribution is 7.85. The van der Waals surface area contributed by atoms with Crippen LogP contribution >= 0.6 is 0 Å². The molecule has 5 nitrogen and oxygen atoms in total. The van der Waals surface area contributed by atoms with Crippen molar-refractivity contribution in [2.24, 2.45) is 0 Å². The van der Waals surface area contributed by atoms with Crippen molar-refractivity contribution in [2.45, 2.75) is 46.5 Å². The third-order valence-electron chi connectivity index (χ3n) is 4.27. The SMILES string of the molecule is C/C(=C\c1ccccc1)C(=O)NS(=O)(=O)Oc1c(C(C)C)cccc1C(C)C. The maximum Gasteiger partial charge on any atom is 0.409 e. The normalized spacial score (nSPS) is 12.3. The van der Waals surface area contributed by atoms with Gasteiger partial charge in [-0.3, -0.25) is 4.79 Å². The number of hydrogen-bond donors (Lipinski definition) is 1. The molecule has 2 aromatic carbocycles. The number of hydrogen-bond acceptors (Lipinski definition) is 4. The molecule has 0 fully saturated rings. The lowest BCUT2D eigenvalue weighted by Gasteiger charge is -2.19. The molecule has 0 aromatic heterocycles. The van der Waals surface area contributed by atoms with Crippen LogP contribution in [0.4, 0.5) is 0 Å². The van der Waals surface area contributed by atoms with Crippen molar-refractivity contribution in [1.82, 2.24) is 4.72 Å². The second-order valence-corrected chi connectivity index (χ2v) is 8.56. The van der Waals surface area contributed by atoms with Gasteiger partial charge in [0.1, 0.15) is 0 Å². The summed E-state index contributed by atoms with van der Waals surface area (Å²) in [5.41, 5.74) is 2.63. The molecule has 150 valence electrons. The maximum atomic E-state index is 12.5. The largest absolute Gasteiger partial charge is 0.409 e. The van der Waals surface area contributed by atoms with Crippen LogP contribution in [0.5, 0.6) is 5.75 Å². The molecule has 0 saturated heterocycles. The van der Waals surface area contributed by atoms with Crippen LogP contribution in [0.15, 0.2) is 54.1 Å². The smallest absolute Gasteiger partial charge is 0.366 e. The Bertz CT molecular complexity index is 935. The molecule has 0 aliphatic heterocycles. The molecule has 0 aliphatic rings. The van der Waals surface area contributed by atoms with E-state index < -0.39 is 16.2 Å². The first-order chi connectivity index (χ1) is 13.1. The maximum absolute atomic E-state index is 12.5. The van der Waals surface area contributed by atoms with Gasteiger partial charge in [-0.25, -0.2) is 4.72 Å². The van der Waals surface area contributed by atoms with Crippen molar-refractivity contribution in [3.05, 3.63) is 70.8 Å². The molecule has 1 amide bonds. The Hall–Kier alpha value is -2.60. The van der Waals surface area contributed by atoms with Crippen LogP contribution in [0.3, 0.4) is 0 Å². The first kappa shape index (κ1) is 21.7. The van der Waals surface area contributed by atoms with E-state index in [0.29, 0.717) is 0 Å². The fourth-order valence-electron chi connectivity index (χ4n) is 2.77.